The zero-order valence-corrected chi connectivity index (χ0v) is 17.3. The van der Waals surface area contributed by atoms with Crippen LogP contribution in [0.3, 0.4) is 0 Å². The van der Waals surface area contributed by atoms with Gasteiger partial charge in [-0.05, 0) is 0 Å². The number of amidine groups is 1. The number of carbonyl (C=O) groups excluding carboxylic acids is 1. The summed E-state index contributed by atoms with van der Waals surface area (Å²) in [7, 11) is 0. The van der Waals surface area contributed by atoms with Crippen molar-refractivity contribution >= 4 is 36.8 Å². The van der Waals surface area contributed by atoms with Crippen molar-refractivity contribution in [1.82, 2.24) is 5.32 Å². The number of unbranched alkanes of at least 4 members (excludes halogenated alkanes) is 1. The van der Waals surface area contributed by atoms with Crippen LogP contribution in [0.25, 0.3) is 0 Å². The standard InChI is InChI=1S/C13H18N3O2.C4H9.Sn/c1-13(2,3)18-12(17)15-8-10-5-4-6-11(7-10)16-9-14;1-3-4-2;/h4-7H,8H2,1-3H3,(H2,14,16)(H,15,17);1,3-4H2,2H3;/q;;+2. The average Bonchev–Trinajstić information content (AvgIpc) is 2.44. The fraction of sp³-hybridized carbons (Fsp3) is 0.529. The van der Waals surface area contributed by atoms with Crippen LogP contribution in [0.1, 0.15) is 46.1 Å². The minimum atomic E-state index is -0.717. The first-order valence-electron chi connectivity index (χ1n) is 7.94. The quantitative estimate of drug-likeness (QED) is 0.304. The number of hydrogen-bond donors (Lipinski definition) is 2. The van der Waals surface area contributed by atoms with Crippen LogP contribution in [0.15, 0.2) is 29.3 Å². The number of nitrogens with two attached hydrogens (primary N) is 1. The second-order valence-corrected chi connectivity index (χ2v) is 10.2. The molecule has 3 N–H and O–H groups in total. The van der Waals surface area contributed by atoms with Crippen molar-refractivity contribution in [2.24, 2.45) is 10.7 Å². The number of ether oxygens (including phenoxy) is 1. The average molecular weight is 424 g/mol. The summed E-state index contributed by atoms with van der Waals surface area (Å²) in [6.45, 7) is 8.12. The monoisotopic (exact) mass is 425 g/mol. The van der Waals surface area contributed by atoms with Gasteiger partial charge < -0.3 is 0 Å². The van der Waals surface area contributed by atoms with Crippen molar-refractivity contribution in [1.29, 1.82) is 0 Å². The Morgan fingerprint density at radius 2 is 2.13 bits per heavy atom. The first-order valence-corrected chi connectivity index (χ1v) is 11.4. The minimum absolute atomic E-state index is 0.411. The molecule has 1 aromatic rings. The predicted molar refractivity (Wildman–Crippen MR) is 96.3 cm³/mol. The van der Waals surface area contributed by atoms with E-state index < -0.39 is 32.8 Å². The Morgan fingerprint density at radius 3 is 2.78 bits per heavy atom. The van der Waals surface area contributed by atoms with Gasteiger partial charge in [0.15, 0.2) is 0 Å². The van der Waals surface area contributed by atoms with Gasteiger partial charge in [-0.3, -0.25) is 0 Å². The van der Waals surface area contributed by atoms with Crippen LogP contribution in [0.2, 0.25) is 4.44 Å². The van der Waals surface area contributed by atoms with Crippen molar-refractivity contribution < 1.29 is 9.53 Å². The van der Waals surface area contributed by atoms with Gasteiger partial charge in [0.05, 0.1) is 0 Å². The zero-order valence-electron chi connectivity index (χ0n) is 14.5. The molecule has 0 saturated carbocycles. The van der Waals surface area contributed by atoms with Crippen LogP contribution >= 0.6 is 0 Å². The van der Waals surface area contributed by atoms with Crippen molar-refractivity contribution in [3.63, 3.8) is 0 Å². The van der Waals surface area contributed by atoms with E-state index in [1.165, 1.54) is 17.3 Å². The number of hydrogen-bond acceptors (Lipinski definition) is 3. The first-order chi connectivity index (χ1) is 10.8. The molecule has 0 aliphatic rings. The second-order valence-electron chi connectivity index (χ2n) is 6.30. The SMILES string of the molecule is CCC[CH2][Sn+2][C](N)=Nc1cccc(CNC(=O)OC(C)(C)C)c1. The molecule has 0 heterocycles. The van der Waals surface area contributed by atoms with Gasteiger partial charge >= 0.3 is 149 Å². The van der Waals surface area contributed by atoms with Crippen LogP contribution in [0.4, 0.5) is 10.5 Å². The third-order valence-corrected chi connectivity index (χ3v) is 5.91. The van der Waals surface area contributed by atoms with Crippen LogP contribution in [0.5, 0.6) is 0 Å². The molecule has 6 heteroatoms. The fourth-order valence-electron chi connectivity index (χ4n) is 1.80. The molecule has 124 valence electrons. The number of alkyl carbamates (subject to hydrolysis) is 1. The van der Waals surface area contributed by atoms with Gasteiger partial charge in [-0.1, -0.05) is 0 Å². The molecule has 0 saturated heterocycles. The van der Waals surface area contributed by atoms with Crippen LogP contribution in [-0.2, 0) is 11.3 Å². The molecule has 1 amide bonds. The first kappa shape index (κ1) is 19.8. The Morgan fingerprint density at radius 1 is 1.39 bits per heavy atom. The molecule has 5 nitrogen and oxygen atoms in total. The molecule has 0 bridgehead atoms. The van der Waals surface area contributed by atoms with Crippen LogP contribution < -0.4 is 11.1 Å². The van der Waals surface area contributed by atoms with Gasteiger partial charge in [0.2, 0.25) is 0 Å². The van der Waals surface area contributed by atoms with E-state index >= 15 is 0 Å². The summed E-state index contributed by atoms with van der Waals surface area (Å²) in [5.41, 5.74) is 7.36. The summed E-state index contributed by atoms with van der Waals surface area (Å²) in [5.74, 6) is 0. The van der Waals surface area contributed by atoms with Gasteiger partial charge in [0, 0.05) is 0 Å². The molecule has 23 heavy (non-hydrogen) atoms. The van der Waals surface area contributed by atoms with Crippen molar-refractivity contribution in [3.8, 4) is 0 Å². The van der Waals surface area contributed by atoms with E-state index in [9.17, 15) is 4.79 Å². The van der Waals surface area contributed by atoms with Crippen molar-refractivity contribution in [2.75, 3.05) is 0 Å². The number of benzene rings is 1. The summed E-state index contributed by atoms with van der Waals surface area (Å²) >= 11 is -0.717. The maximum atomic E-state index is 11.7. The third-order valence-electron chi connectivity index (χ3n) is 2.83. The van der Waals surface area contributed by atoms with Crippen LogP contribution in [-0.4, -0.2) is 36.7 Å². The number of nitrogens with zero attached hydrogens (tertiary/aromatic N) is 1. The van der Waals surface area contributed by atoms with E-state index in [-0.39, 0.29) is 0 Å². The summed E-state index contributed by atoms with van der Waals surface area (Å²) in [6, 6.07) is 7.76. The summed E-state index contributed by atoms with van der Waals surface area (Å²) in [5, 5.41) is 2.75. The molecule has 0 atom stereocenters. The van der Waals surface area contributed by atoms with Gasteiger partial charge in [-0.15, -0.1) is 0 Å². The molecule has 0 aliphatic carbocycles. The van der Waals surface area contributed by atoms with Gasteiger partial charge in [-0.25, -0.2) is 0 Å². The Kier molecular flexibility index (Phi) is 8.44. The number of nitrogens with one attached hydrogen (secondary N) is 1. The number of rotatable bonds is 7. The number of carbonyl (C=O) groups is 1. The molecule has 1 aromatic carbocycles. The van der Waals surface area contributed by atoms with E-state index in [0.717, 1.165) is 15.1 Å². The van der Waals surface area contributed by atoms with Crippen molar-refractivity contribution in [3.05, 3.63) is 29.8 Å². The summed E-state index contributed by atoms with van der Waals surface area (Å²) in [6.07, 6.45) is 2.03. The third kappa shape index (κ3) is 9.48. The molecule has 0 fully saturated rings. The Bertz CT molecular complexity index is 539. The predicted octanol–water partition coefficient (Wildman–Crippen LogP) is 3.58. The molecule has 0 radical (unpaired) electrons. The number of aliphatic imine (C=N–C) groups is 1. The normalized spacial score (nSPS) is 11.7. The fourth-order valence-corrected chi connectivity index (χ4v) is 4.63. The number of amides is 1. The Balaban J connectivity index is 2.56. The maximum absolute atomic E-state index is 11.7. The topological polar surface area (TPSA) is 76.7 Å². The summed E-state index contributed by atoms with van der Waals surface area (Å²) in [4.78, 5) is 16.2. The van der Waals surface area contributed by atoms with E-state index in [0.29, 0.717) is 6.54 Å². The molecule has 1 rings (SSSR count). The Labute approximate surface area is 149 Å². The summed E-state index contributed by atoms with van der Waals surface area (Å²) < 4.78 is 7.27. The van der Waals surface area contributed by atoms with Crippen LogP contribution in [0, 0.1) is 0 Å². The van der Waals surface area contributed by atoms with Gasteiger partial charge in [-0.2, -0.15) is 0 Å². The Hall–Kier alpha value is -1.24. The van der Waals surface area contributed by atoms with E-state index in [4.69, 9.17) is 10.5 Å². The molecule has 0 aliphatic heterocycles. The molecular formula is C17H27N3O2Sn+2. The molecule has 0 spiro atoms. The van der Waals surface area contributed by atoms with Gasteiger partial charge in [0.25, 0.3) is 0 Å². The molecule has 0 unspecified atom stereocenters. The van der Waals surface area contributed by atoms with E-state index in [1.54, 1.807) is 0 Å². The van der Waals surface area contributed by atoms with Gasteiger partial charge in [0.1, 0.15) is 0 Å². The van der Waals surface area contributed by atoms with E-state index in [2.05, 4.69) is 17.2 Å². The second kappa shape index (κ2) is 9.80. The molecular weight excluding hydrogens is 397 g/mol. The van der Waals surface area contributed by atoms with E-state index in [1.807, 2.05) is 45.0 Å². The van der Waals surface area contributed by atoms with Crippen molar-refractivity contribution in [2.45, 2.75) is 57.1 Å². The zero-order chi connectivity index (χ0) is 17.3. The molecule has 0 aromatic heterocycles.